The molecule has 1 aliphatic heterocycles. The maximum absolute atomic E-state index is 5.96. The highest BCUT2D eigenvalue weighted by Gasteiger charge is 2.28. The van der Waals surface area contributed by atoms with Gasteiger partial charge in [0.2, 0.25) is 0 Å². The lowest BCUT2D eigenvalue weighted by atomic mass is 9.98. The second-order valence-corrected chi connectivity index (χ2v) is 5.76. The lowest BCUT2D eigenvalue weighted by Crippen LogP contribution is -2.48. The minimum absolute atomic E-state index is 0.298. The molecule has 1 aliphatic rings. The van der Waals surface area contributed by atoms with Crippen molar-refractivity contribution in [3.8, 4) is 17.2 Å². The van der Waals surface area contributed by atoms with Crippen molar-refractivity contribution in [3.05, 3.63) is 17.7 Å². The Balaban J connectivity index is 2.21. The van der Waals surface area contributed by atoms with Gasteiger partial charge in [0.05, 0.1) is 27.4 Å². The van der Waals surface area contributed by atoms with Gasteiger partial charge >= 0.3 is 0 Å². The highest BCUT2D eigenvalue weighted by atomic mass is 16.5. The fourth-order valence-electron chi connectivity index (χ4n) is 3.17. The second-order valence-electron chi connectivity index (χ2n) is 5.76. The molecule has 2 rings (SSSR count). The third-order valence-corrected chi connectivity index (χ3v) is 4.56. The molecule has 1 saturated heterocycles. The minimum Gasteiger partial charge on any atom is -0.496 e. The average Bonchev–Trinajstić information content (AvgIpc) is 2.61. The van der Waals surface area contributed by atoms with Crippen molar-refractivity contribution in [2.75, 3.05) is 41.5 Å². The van der Waals surface area contributed by atoms with Gasteiger partial charge in [-0.15, -0.1) is 0 Å². The van der Waals surface area contributed by atoms with Crippen molar-refractivity contribution in [3.63, 3.8) is 0 Å². The Hall–Kier alpha value is -1.50. The summed E-state index contributed by atoms with van der Waals surface area (Å²) in [6, 6.07) is 4.16. The van der Waals surface area contributed by atoms with Gasteiger partial charge in [-0.3, -0.25) is 4.90 Å². The number of methoxy groups -OCH3 is 4. The Morgan fingerprint density at radius 3 is 2.26 bits per heavy atom. The molecule has 130 valence electrons. The molecule has 0 bridgehead atoms. The van der Waals surface area contributed by atoms with Crippen LogP contribution in [0, 0.1) is 0 Å². The third-order valence-electron chi connectivity index (χ3n) is 4.56. The van der Waals surface area contributed by atoms with Crippen molar-refractivity contribution in [1.82, 2.24) is 4.90 Å². The molecule has 1 heterocycles. The fourth-order valence-corrected chi connectivity index (χ4v) is 3.17. The van der Waals surface area contributed by atoms with E-state index < -0.39 is 0 Å². The van der Waals surface area contributed by atoms with Crippen molar-refractivity contribution in [2.24, 2.45) is 5.73 Å². The SMILES string of the molecule is COc1cc(OC)c(OC)cc1CN1CCC(OC)CC1CN. The van der Waals surface area contributed by atoms with Gasteiger partial charge in [0.15, 0.2) is 11.5 Å². The Bertz CT molecular complexity index is 510. The van der Waals surface area contributed by atoms with Crippen LogP contribution in [0.5, 0.6) is 17.2 Å². The molecule has 2 atom stereocenters. The Kier molecular flexibility index (Phi) is 6.50. The lowest BCUT2D eigenvalue weighted by Gasteiger charge is -2.38. The number of ether oxygens (including phenoxy) is 4. The smallest absolute Gasteiger partial charge is 0.164 e. The van der Waals surface area contributed by atoms with Crippen LogP contribution in [0.2, 0.25) is 0 Å². The van der Waals surface area contributed by atoms with Crippen LogP contribution in [0.15, 0.2) is 12.1 Å². The van der Waals surface area contributed by atoms with Gasteiger partial charge in [0, 0.05) is 44.4 Å². The van der Waals surface area contributed by atoms with E-state index in [1.165, 1.54) is 0 Å². The summed E-state index contributed by atoms with van der Waals surface area (Å²) in [6.45, 7) is 2.34. The Morgan fingerprint density at radius 2 is 1.70 bits per heavy atom. The molecule has 6 nitrogen and oxygen atoms in total. The van der Waals surface area contributed by atoms with Crippen LogP contribution in [0.25, 0.3) is 0 Å². The molecule has 6 heteroatoms. The fraction of sp³-hybridized carbons (Fsp3) is 0.647. The van der Waals surface area contributed by atoms with Crippen LogP contribution in [0.1, 0.15) is 18.4 Å². The molecule has 1 aromatic rings. The maximum Gasteiger partial charge on any atom is 0.164 e. The van der Waals surface area contributed by atoms with Gasteiger partial charge in [0.25, 0.3) is 0 Å². The summed E-state index contributed by atoms with van der Waals surface area (Å²) in [5.74, 6) is 2.17. The standard InChI is InChI=1S/C17H28N2O4/c1-20-14-5-6-19(13(8-14)10-18)11-12-7-16(22-3)17(23-4)9-15(12)21-2/h7,9,13-14H,5-6,8,10-11,18H2,1-4H3. The van der Waals surface area contributed by atoms with Gasteiger partial charge in [-0.05, 0) is 18.9 Å². The quantitative estimate of drug-likeness (QED) is 0.823. The summed E-state index contributed by atoms with van der Waals surface area (Å²) in [4.78, 5) is 2.39. The number of hydrogen-bond donors (Lipinski definition) is 1. The van der Waals surface area contributed by atoms with Gasteiger partial charge in [-0.1, -0.05) is 0 Å². The number of piperidine rings is 1. The number of nitrogens with two attached hydrogens (primary N) is 1. The molecule has 0 saturated carbocycles. The van der Waals surface area contributed by atoms with Crippen LogP contribution in [-0.4, -0.2) is 58.6 Å². The van der Waals surface area contributed by atoms with E-state index in [0.29, 0.717) is 30.2 Å². The zero-order valence-corrected chi connectivity index (χ0v) is 14.5. The number of likely N-dealkylation sites (tertiary alicyclic amines) is 1. The summed E-state index contributed by atoms with van der Waals surface area (Å²) in [5, 5.41) is 0. The van der Waals surface area contributed by atoms with Crippen LogP contribution in [0.4, 0.5) is 0 Å². The average molecular weight is 324 g/mol. The first kappa shape index (κ1) is 17.8. The highest BCUT2D eigenvalue weighted by Crippen LogP contribution is 2.36. The van der Waals surface area contributed by atoms with Crippen LogP contribution < -0.4 is 19.9 Å². The zero-order valence-electron chi connectivity index (χ0n) is 14.5. The maximum atomic E-state index is 5.96. The van der Waals surface area contributed by atoms with E-state index in [2.05, 4.69) is 4.90 Å². The first-order valence-electron chi connectivity index (χ1n) is 7.92. The molecule has 0 aliphatic carbocycles. The Labute approximate surface area is 138 Å². The molecule has 23 heavy (non-hydrogen) atoms. The summed E-state index contributed by atoms with van der Waals surface area (Å²) >= 11 is 0. The first-order valence-corrected chi connectivity index (χ1v) is 7.92. The zero-order chi connectivity index (χ0) is 16.8. The molecule has 0 radical (unpaired) electrons. The van der Waals surface area contributed by atoms with Crippen LogP contribution >= 0.6 is 0 Å². The minimum atomic E-state index is 0.298. The Morgan fingerprint density at radius 1 is 1.04 bits per heavy atom. The normalized spacial score (nSPS) is 22.0. The van der Waals surface area contributed by atoms with E-state index >= 15 is 0 Å². The molecule has 0 spiro atoms. The van der Waals surface area contributed by atoms with Gasteiger partial charge < -0.3 is 24.7 Å². The van der Waals surface area contributed by atoms with Gasteiger partial charge in [0.1, 0.15) is 5.75 Å². The monoisotopic (exact) mass is 324 g/mol. The van der Waals surface area contributed by atoms with Crippen molar-refractivity contribution >= 4 is 0 Å². The molecule has 1 aromatic carbocycles. The summed E-state index contributed by atoms with van der Waals surface area (Å²) in [5.41, 5.74) is 7.03. The molecule has 2 N–H and O–H groups in total. The number of nitrogens with zero attached hydrogens (tertiary/aromatic N) is 1. The predicted molar refractivity (Wildman–Crippen MR) is 89.4 cm³/mol. The largest absolute Gasteiger partial charge is 0.496 e. The van der Waals surface area contributed by atoms with E-state index in [4.69, 9.17) is 24.7 Å². The second kappa shape index (κ2) is 8.38. The van der Waals surface area contributed by atoms with Crippen molar-refractivity contribution in [2.45, 2.75) is 31.5 Å². The predicted octanol–water partition coefficient (Wildman–Crippen LogP) is 1.65. The van der Waals surface area contributed by atoms with E-state index in [0.717, 1.165) is 37.2 Å². The summed E-state index contributed by atoms with van der Waals surface area (Å²) in [7, 11) is 6.70. The van der Waals surface area contributed by atoms with E-state index in [1.54, 1.807) is 28.4 Å². The van der Waals surface area contributed by atoms with Crippen LogP contribution in [0.3, 0.4) is 0 Å². The number of hydrogen-bond acceptors (Lipinski definition) is 6. The van der Waals surface area contributed by atoms with Gasteiger partial charge in [-0.2, -0.15) is 0 Å². The van der Waals surface area contributed by atoms with E-state index in [9.17, 15) is 0 Å². The number of rotatable bonds is 7. The van der Waals surface area contributed by atoms with Gasteiger partial charge in [-0.25, -0.2) is 0 Å². The topological polar surface area (TPSA) is 66.2 Å². The lowest BCUT2D eigenvalue weighted by molar-refractivity contribution is 0.00997. The highest BCUT2D eigenvalue weighted by molar-refractivity contribution is 5.50. The number of benzene rings is 1. The molecule has 0 aromatic heterocycles. The summed E-state index contributed by atoms with van der Waals surface area (Å²) < 4.78 is 21.8. The first-order chi connectivity index (χ1) is 11.2. The molecule has 2 unspecified atom stereocenters. The molecule has 1 fully saturated rings. The third kappa shape index (κ3) is 4.07. The molecule has 0 amide bonds. The van der Waals surface area contributed by atoms with E-state index in [1.807, 2.05) is 12.1 Å². The van der Waals surface area contributed by atoms with Crippen molar-refractivity contribution < 1.29 is 18.9 Å². The van der Waals surface area contributed by atoms with Crippen molar-refractivity contribution in [1.29, 1.82) is 0 Å². The molecular formula is C17H28N2O4. The molecular weight excluding hydrogens is 296 g/mol. The van der Waals surface area contributed by atoms with E-state index in [-0.39, 0.29) is 0 Å². The summed E-state index contributed by atoms with van der Waals surface area (Å²) in [6.07, 6.45) is 2.28. The van der Waals surface area contributed by atoms with Crippen LogP contribution in [-0.2, 0) is 11.3 Å².